The van der Waals surface area contributed by atoms with Crippen LogP contribution >= 0.6 is 0 Å². The first-order valence-electron chi connectivity index (χ1n) is 25.9. The van der Waals surface area contributed by atoms with Gasteiger partial charge < -0.3 is 40.3 Å². The van der Waals surface area contributed by atoms with E-state index >= 15 is 0 Å². The molecule has 0 aliphatic carbocycles. The van der Waals surface area contributed by atoms with Crippen molar-refractivity contribution in [1.82, 2.24) is 5.32 Å². The fourth-order valence-electron chi connectivity index (χ4n) is 8.05. The average molecular weight is 876 g/mol. The molecular weight excluding hydrogens is 779 g/mol. The first-order valence-corrected chi connectivity index (χ1v) is 25.9. The van der Waals surface area contributed by atoms with Crippen molar-refractivity contribution in [3.63, 3.8) is 0 Å². The molecular formula is C53H97NO8. The second kappa shape index (κ2) is 43.1. The van der Waals surface area contributed by atoms with Gasteiger partial charge in [-0.25, -0.2) is 0 Å². The molecule has 0 saturated carbocycles. The molecule has 0 aromatic heterocycles. The van der Waals surface area contributed by atoms with Crippen LogP contribution in [0.2, 0.25) is 0 Å². The van der Waals surface area contributed by atoms with E-state index in [1.54, 1.807) is 6.08 Å². The lowest BCUT2D eigenvalue weighted by Crippen LogP contribution is -2.60. The number of amides is 1. The molecule has 7 unspecified atom stereocenters. The van der Waals surface area contributed by atoms with Gasteiger partial charge in [-0.15, -0.1) is 0 Å². The van der Waals surface area contributed by atoms with E-state index in [0.29, 0.717) is 6.42 Å². The van der Waals surface area contributed by atoms with Crippen molar-refractivity contribution in [2.24, 2.45) is 0 Å². The highest BCUT2D eigenvalue weighted by molar-refractivity contribution is 5.76. The molecule has 362 valence electrons. The zero-order valence-corrected chi connectivity index (χ0v) is 39.9. The summed E-state index contributed by atoms with van der Waals surface area (Å²) in [5.74, 6) is -0.187. The molecule has 0 aromatic carbocycles. The van der Waals surface area contributed by atoms with Gasteiger partial charge in [0.15, 0.2) is 6.29 Å². The van der Waals surface area contributed by atoms with Crippen LogP contribution in [0.5, 0.6) is 0 Å². The van der Waals surface area contributed by atoms with Gasteiger partial charge in [0.2, 0.25) is 5.91 Å². The van der Waals surface area contributed by atoms with Crippen molar-refractivity contribution in [2.45, 2.75) is 269 Å². The highest BCUT2D eigenvalue weighted by atomic mass is 16.7. The Morgan fingerprint density at radius 2 is 1.00 bits per heavy atom. The summed E-state index contributed by atoms with van der Waals surface area (Å²) in [5.41, 5.74) is 0. The average Bonchev–Trinajstić information content (AvgIpc) is 3.27. The van der Waals surface area contributed by atoms with E-state index in [1.165, 1.54) is 135 Å². The van der Waals surface area contributed by atoms with Crippen LogP contribution in [-0.2, 0) is 14.3 Å². The smallest absolute Gasteiger partial charge is 0.220 e. The number of aliphatic hydroxyl groups excluding tert-OH is 5. The molecule has 1 amide bonds. The van der Waals surface area contributed by atoms with Crippen LogP contribution in [0.4, 0.5) is 0 Å². The third kappa shape index (κ3) is 32.8. The second-order valence-electron chi connectivity index (χ2n) is 17.9. The van der Waals surface area contributed by atoms with E-state index in [1.807, 2.05) is 6.08 Å². The number of nitrogens with one attached hydrogen (secondary N) is 1. The maximum atomic E-state index is 13.0. The molecule has 1 aliphatic heterocycles. The third-order valence-corrected chi connectivity index (χ3v) is 12.2. The Bertz CT molecular complexity index is 1110. The van der Waals surface area contributed by atoms with Gasteiger partial charge in [-0.05, 0) is 51.4 Å². The number of allylic oxidation sites excluding steroid dienone is 7. The molecule has 6 N–H and O–H groups in total. The van der Waals surface area contributed by atoms with Crippen molar-refractivity contribution in [3.05, 3.63) is 48.6 Å². The highest BCUT2D eigenvalue weighted by Crippen LogP contribution is 2.23. The lowest BCUT2D eigenvalue weighted by molar-refractivity contribution is -0.302. The summed E-state index contributed by atoms with van der Waals surface area (Å²) < 4.78 is 11.2. The summed E-state index contributed by atoms with van der Waals surface area (Å²) in [6.45, 7) is 3.67. The first-order chi connectivity index (χ1) is 30.3. The summed E-state index contributed by atoms with van der Waals surface area (Å²) in [6.07, 6.45) is 48.7. The van der Waals surface area contributed by atoms with Gasteiger partial charge >= 0.3 is 0 Å². The molecule has 7 atom stereocenters. The Morgan fingerprint density at radius 3 is 1.48 bits per heavy atom. The fraction of sp³-hybridized carbons (Fsp3) is 0.830. The molecule has 62 heavy (non-hydrogen) atoms. The second-order valence-corrected chi connectivity index (χ2v) is 17.9. The molecule has 9 nitrogen and oxygen atoms in total. The molecule has 0 bridgehead atoms. The van der Waals surface area contributed by atoms with Crippen LogP contribution < -0.4 is 5.32 Å². The Labute approximate surface area is 380 Å². The number of hydrogen-bond acceptors (Lipinski definition) is 8. The van der Waals surface area contributed by atoms with Gasteiger partial charge in [-0.3, -0.25) is 4.79 Å². The predicted octanol–water partition coefficient (Wildman–Crippen LogP) is 11.8. The van der Waals surface area contributed by atoms with Crippen molar-refractivity contribution in [1.29, 1.82) is 0 Å². The summed E-state index contributed by atoms with van der Waals surface area (Å²) in [5, 5.41) is 54.4. The molecule has 1 rings (SSSR count). The van der Waals surface area contributed by atoms with Gasteiger partial charge in [-0.2, -0.15) is 0 Å². The number of carbonyl (C=O) groups excluding carboxylic acids is 1. The standard InChI is InChI=1S/C53H97NO8/c1-3-5-7-9-11-13-15-17-19-21-22-23-24-25-27-28-30-32-34-36-38-40-42-47(56)46(45-61-53-52(60)51(59)50(58)48(44-55)62-53)54-49(57)43-41-39-37-35-33-31-29-26-20-18-16-14-12-10-8-6-4-2/h6,8,12,14,18,20,40,42,46-48,50-53,55-56,58-60H,3-5,7,9-11,13,15-17,19,21-39,41,43-45H2,1-2H3,(H,54,57)/b8-6-,14-12-,20-18-,42-40+. The van der Waals surface area contributed by atoms with Crippen LogP contribution in [-0.4, -0.2) is 87.5 Å². The summed E-state index contributed by atoms with van der Waals surface area (Å²) in [7, 11) is 0. The normalized spacial score (nSPS) is 20.7. The largest absolute Gasteiger partial charge is 0.394 e. The molecule has 1 heterocycles. The van der Waals surface area contributed by atoms with Crippen LogP contribution in [0.25, 0.3) is 0 Å². The van der Waals surface area contributed by atoms with Crippen LogP contribution in [0.15, 0.2) is 48.6 Å². The van der Waals surface area contributed by atoms with Gasteiger partial charge in [0.25, 0.3) is 0 Å². The SMILES string of the molecule is CC/C=C\C/C=C\C/C=C\CCCCCCCCCC(=O)NC(COC1OC(CO)C(O)C(O)C1O)C(O)/C=C/CCCCCCCCCCCCCCCCCCCCCC. The minimum atomic E-state index is -1.57. The summed E-state index contributed by atoms with van der Waals surface area (Å²) in [6, 6.07) is -0.811. The zero-order valence-electron chi connectivity index (χ0n) is 39.9. The van der Waals surface area contributed by atoms with Crippen LogP contribution in [0, 0.1) is 0 Å². The molecule has 1 fully saturated rings. The number of unbranched alkanes of at least 4 members (excludes halogenated alkanes) is 27. The Balaban J connectivity index is 2.29. The van der Waals surface area contributed by atoms with E-state index < -0.39 is 49.5 Å². The van der Waals surface area contributed by atoms with E-state index in [4.69, 9.17) is 9.47 Å². The van der Waals surface area contributed by atoms with Crippen molar-refractivity contribution < 1.29 is 39.8 Å². The van der Waals surface area contributed by atoms with Gasteiger partial charge in [0.05, 0.1) is 25.4 Å². The number of ether oxygens (including phenoxy) is 2. The van der Waals surface area contributed by atoms with E-state index in [0.717, 1.165) is 70.6 Å². The fourth-order valence-corrected chi connectivity index (χ4v) is 8.05. The van der Waals surface area contributed by atoms with Gasteiger partial charge in [0.1, 0.15) is 24.4 Å². The Kier molecular flexibility index (Phi) is 40.4. The number of aliphatic hydroxyl groups is 5. The van der Waals surface area contributed by atoms with Crippen molar-refractivity contribution in [3.8, 4) is 0 Å². The lowest BCUT2D eigenvalue weighted by atomic mass is 9.99. The van der Waals surface area contributed by atoms with E-state index in [-0.39, 0.29) is 12.5 Å². The maximum Gasteiger partial charge on any atom is 0.220 e. The van der Waals surface area contributed by atoms with Crippen molar-refractivity contribution >= 4 is 5.91 Å². The number of hydrogen-bond donors (Lipinski definition) is 6. The monoisotopic (exact) mass is 876 g/mol. The Hall–Kier alpha value is -1.85. The third-order valence-electron chi connectivity index (χ3n) is 12.2. The highest BCUT2D eigenvalue weighted by Gasteiger charge is 2.44. The van der Waals surface area contributed by atoms with Crippen LogP contribution in [0.1, 0.15) is 226 Å². The zero-order chi connectivity index (χ0) is 45.1. The minimum absolute atomic E-state index is 0.187. The van der Waals surface area contributed by atoms with Gasteiger partial charge in [-0.1, -0.05) is 217 Å². The molecule has 9 heteroatoms. The minimum Gasteiger partial charge on any atom is -0.394 e. The summed E-state index contributed by atoms with van der Waals surface area (Å²) >= 11 is 0. The number of rotatable bonds is 43. The quantitative estimate of drug-likeness (QED) is 0.0262. The van der Waals surface area contributed by atoms with Crippen molar-refractivity contribution in [2.75, 3.05) is 13.2 Å². The lowest BCUT2D eigenvalue weighted by Gasteiger charge is -2.40. The molecule has 0 spiro atoms. The molecule has 0 aromatic rings. The molecule has 0 radical (unpaired) electrons. The molecule has 1 saturated heterocycles. The predicted molar refractivity (Wildman–Crippen MR) is 258 cm³/mol. The van der Waals surface area contributed by atoms with E-state index in [2.05, 4.69) is 55.6 Å². The van der Waals surface area contributed by atoms with E-state index in [9.17, 15) is 30.3 Å². The number of carbonyl (C=O) groups is 1. The summed E-state index contributed by atoms with van der Waals surface area (Å²) in [4.78, 5) is 13.0. The van der Waals surface area contributed by atoms with Gasteiger partial charge in [0, 0.05) is 6.42 Å². The maximum absolute atomic E-state index is 13.0. The molecule has 1 aliphatic rings. The topological polar surface area (TPSA) is 149 Å². The first kappa shape index (κ1) is 58.2. The van der Waals surface area contributed by atoms with Crippen LogP contribution in [0.3, 0.4) is 0 Å². The Morgan fingerprint density at radius 1 is 0.565 bits per heavy atom.